The Labute approximate surface area is 117 Å². The van der Waals surface area contributed by atoms with E-state index in [2.05, 4.69) is 25.0 Å². The van der Waals surface area contributed by atoms with Crippen LogP contribution < -0.4 is 4.74 Å². The lowest BCUT2D eigenvalue weighted by Crippen LogP contribution is -2.05. The molecule has 0 spiro atoms. The number of rotatable bonds is 3. The molecular formula is C11H6ClFN6O. The van der Waals surface area contributed by atoms with E-state index in [4.69, 9.17) is 16.3 Å². The Balaban J connectivity index is 1.94. The minimum Gasteiger partial charge on any atom is -0.424 e. The van der Waals surface area contributed by atoms with Crippen molar-refractivity contribution in [1.82, 2.24) is 29.7 Å². The fourth-order valence-electron chi connectivity index (χ4n) is 1.42. The van der Waals surface area contributed by atoms with Crippen molar-refractivity contribution in [3.63, 3.8) is 0 Å². The maximum absolute atomic E-state index is 13.1. The van der Waals surface area contributed by atoms with Gasteiger partial charge in [0.15, 0.2) is 0 Å². The van der Waals surface area contributed by atoms with Crippen molar-refractivity contribution in [2.24, 2.45) is 0 Å². The highest BCUT2D eigenvalue weighted by Gasteiger charge is 2.09. The molecular weight excluding hydrogens is 287 g/mol. The molecule has 2 heterocycles. The quantitative estimate of drug-likeness (QED) is 0.735. The zero-order valence-corrected chi connectivity index (χ0v) is 10.6. The van der Waals surface area contributed by atoms with Gasteiger partial charge in [-0.3, -0.25) is 0 Å². The maximum Gasteiger partial charge on any atom is 0.328 e. The summed E-state index contributed by atoms with van der Waals surface area (Å²) >= 11 is 5.79. The van der Waals surface area contributed by atoms with Gasteiger partial charge in [0, 0.05) is 6.07 Å². The summed E-state index contributed by atoms with van der Waals surface area (Å²) in [5.41, 5.74) is 0. The van der Waals surface area contributed by atoms with E-state index >= 15 is 0 Å². The Hall–Kier alpha value is -2.61. The zero-order valence-electron chi connectivity index (χ0n) is 9.81. The van der Waals surface area contributed by atoms with Gasteiger partial charge in [0.05, 0.1) is 0 Å². The minimum absolute atomic E-state index is 0.0684. The van der Waals surface area contributed by atoms with Crippen LogP contribution >= 0.6 is 11.6 Å². The second-order valence-corrected chi connectivity index (χ2v) is 3.92. The lowest BCUT2D eigenvalue weighted by molar-refractivity contribution is 0.433. The molecule has 1 aromatic carbocycles. The number of nitrogens with zero attached hydrogens (tertiary/aromatic N) is 6. The molecule has 0 N–H and O–H groups in total. The largest absolute Gasteiger partial charge is 0.424 e. The van der Waals surface area contributed by atoms with Gasteiger partial charge in [0.25, 0.3) is 5.95 Å². The lowest BCUT2D eigenvalue weighted by atomic mass is 10.3. The lowest BCUT2D eigenvalue weighted by Gasteiger charge is -2.05. The van der Waals surface area contributed by atoms with Crippen LogP contribution in [0.5, 0.6) is 11.8 Å². The third-order valence-electron chi connectivity index (χ3n) is 2.20. The van der Waals surface area contributed by atoms with E-state index in [-0.39, 0.29) is 23.0 Å². The van der Waals surface area contributed by atoms with Gasteiger partial charge >= 0.3 is 6.01 Å². The third-order valence-corrected chi connectivity index (χ3v) is 2.37. The van der Waals surface area contributed by atoms with Crippen molar-refractivity contribution < 1.29 is 9.13 Å². The van der Waals surface area contributed by atoms with Crippen molar-refractivity contribution in [1.29, 1.82) is 0 Å². The first-order chi connectivity index (χ1) is 9.70. The van der Waals surface area contributed by atoms with Gasteiger partial charge in [-0.05, 0) is 23.7 Å². The Kier molecular flexibility index (Phi) is 3.21. The molecule has 7 nitrogen and oxygen atoms in total. The van der Waals surface area contributed by atoms with Gasteiger partial charge in [-0.2, -0.15) is 24.7 Å². The molecule has 0 amide bonds. The van der Waals surface area contributed by atoms with Crippen molar-refractivity contribution in [2.45, 2.75) is 0 Å². The van der Waals surface area contributed by atoms with E-state index in [9.17, 15) is 4.39 Å². The van der Waals surface area contributed by atoms with E-state index in [1.807, 2.05) is 0 Å². The molecule has 0 fully saturated rings. The van der Waals surface area contributed by atoms with Crippen LogP contribution in [0.2, 0.25) is 5.28 Å². The average molecular weight is 293 g/mol. The standard InChI is InChI=1S/C11H6ClFN6O/c12-9-16-10(19-6-14-5-15-19)18-11(17-9)20-8-3-1-2-7(13)4-8/h1-6H. The molecule has 0 aliphatic heterocycles. The molecule has 2 aromatic heterocycles. The number of hydrogen-bond donors (Lipinski definition) is 0. The van der Waals surface area contributed by atoms with Gasteiger partial charge in [-0.15, -0.1) is 0 Å². The first-order valence-electron chi connectivity index (χ1n) is 5.41. The van der Waals surface area contributed by atoms with Crippen LogP contribution in [0.25, 0.3) is 5.95 Å². The fourth-order valence-corrected chi connectivity index (χ4v) is 1.57. The van der Waals surface area contributed by atoms with Gasteiger partial charge in [0.1, 0.15) is 24.2 Å². The molecule has 0 aliphatic carbocycles. The summed E-state index contributed by atoms with van der Waals surface area (Å²) in [4.78, 5) is 15.5. The Morgan fingerprint density at radius 2 is 2.10 bits per heavy atom. The molecule has 0 unspecified atom stereocenters. The number of halogens is 2. The number of hydrogen-bond acceptors (Lipinski definition) is 6. The SMILES string of the molecule is Fc1cccc(Oc2nc(Cl)nc(-n3cncn3)n2)c1. The minimum atomic E-state index is -0.431. The molecule has 0 bridgehead atoms. The molecule has 0 aliphatic rings. The summed E-state index contributed by atoms with van der Waals surface area (Å²) in [5.74, 6) is -0.0372. The van der Waals surface area contributed by atoms with Gasteiger partial charge < -0.3 is 4.74 Å². The Morgan fingerprint density at radius 3 is 2.85 bits per heavy atom. The van der Waals surface area contributed by atoms with Gasteiger partial charge in [-0.25, -0.2) is 9.37 Å². The highest BCUT2D eigenvalue weighted by atomic mass is 35.5. The van der Waals surface area contributed by atoms with Crippen LogP contribution in [0.4, 0.5) is 4.39 Å². The van der Waals surface area contributed by atoms with E-state index in [0.29, 0.717) is 0 Å². The first kappa shape index (κ1) is 12.4. The van der Waals surface area contributed by atoms with Crippen molar-refractivity contribution in [3.8, 4) is 17.7 Å². The van der Waals surface area contributed by atoms with Crippen LogP contribution in [-0.4, -0.2) is 29.7 Å². The van der Waals surface area contributed by atoms with Crippen molar-refractivity contribution in [3.05, 3.63) is 48.0 Å². The number of ether oxygens (including phenoxy) is 1. The van der Waals surface area contributed by atoms with E-state index in [1.165, 1.54) is 35.5 Å². The number of benzene rings is 1. The van der Waals surface area contributed by atoms with E-state index in [0.717, 1.165) is 0 Å². The molecule has 3 rings (SSSR count). The topological polar surface area (TPSA) is 78.6 Å². The summed E-state index contributed by atoms with van der Waals surface area (Å²) < 4.78 is 19.7. The molecule has 20 heavy (non-hydrogen) atoms. The van der Waals surface area contributed by atoms with Crippen LogP contribution in [0, 0.1) is 5.82 Å². The molecule has 0 atom stereocenters. The van der Waals surface area contributed by atoms with Gasteiger partial charge in [-0.1, -0.05) is 6.07 Å². The Bertz CT molecular complexity index is 736. The molecule has 0 radical (unpaired) electrons. The second kappa shape index (κ2) is 5.17. The summed E-state index contributed by atoms with van der Waals surface area (Å²) in [6.07, 6.45) is 2.72. The highest BCUT2D eigenvalue weighted by Crippen LogP contribution is 2.20. The summed E-state index contributed by atoms with van der Waals surface area (Å²) in [7, 11) is 0. The summed E-state index contributed by atoms with van der Waals surface area (Å²) in [6, 6.07) is 5.50. The highest BCUT2D eigenvalue weighted by molar-refractivity contribution is 6.28. The fraction of sp³-hybridized carbons (Fsp3) is 0. The van der Waals surface area contributed by atoms with Crippen LogP contribution in [0.3, 0.4) is 0 Å². The smallest absolute Gasteiger partial charge is 0.328 e. The third kappa shape index (κ3) is 2.69. The van der Waals surface area contributed by atoms with Crippen LogP contribution in [-0.2, 0) is 0 Å². The zero-order chi connectivity index (χ0) is 13.9. The van der Waals surface area contributed by atoms with E-state index < -0.39 is 5.82 Å². The second-order valence-electron chi connectivity index (χ2n) is 3.59. The normalized spacial score (nSPS) is 10.5. The molecule has 100 valence electrons. The predicted octanol–water partition coefficient (Wildman–Crippen LogP) is 2.04. The maximum atomic E-state index is 13.1. The predicted molar refractivity (Wildman–Crippen MR) is 66.2 cm³/mol. The van der Waals surface area contributed by atoms with Crippen LogP contribution in [0.15, 0.2) is 36.9 Å². The monoisotopic (exact) mass is 292 g/mol. The molecule has 0 saturated heterocycles. The molecule has 3 aromatic rings. The summed E-state index contributed by atoms with van der Waals surface area (Å²) in [5, 5.41) is 3.80. The summed E-state index contributed by atoms with van der Waals surface area (Å²) in [6.45, 7) is 0. The Morgan fingerprint density at radius 1 is 1.20 bits per heavy atom. The van der Waals surface area contributed by atoms with E-state index in [1.54, 1.807) is 6.07 Å². The number of aromatic nitrogens is 6. The van der Waals surface area contributed by atoms with Crippen molar-refractivity contribution >= 4 is 11.6 Å². The average Bonchev–Trinajstić information content (AvgIpc) is 2.91. The van der Waals surface area contributed by atoms with Gasteiger partial charge in [0.2, 0.25) is 5.28 Å². The molecule has 0 saturated carbocycles. The van der Waals surface area contributed by atoms with Crippen molar-refractivity contribution in [2.75, 3.05) is 0 Å². The first-order valence-corrected chi connectivity index (χ1v) is 5.78. The molecule has 9 heteroatoms. The van der Waals surface area contributed by atoms with Crippen LogP contribution in [0.1, 0.15) is 0 Å².